The van der Waals surface area contributed by atoms with Gasteiger partial charge in [0.1, 0.15) is 5.69 Å². The third-order valence-electron chi connectivity index (χ3n) is 2.88. The maximum absolute atomic E-state index is 4.41. The van der Waals surface area contributed by atoms with Crippen LogP contribution >= 0.6 is 15.9 Å². The first-order chi connectivity index (χ1) is 7.86. The number of H-pyrrole nitrogens is 1. The Balaban J connectivity index is 2.13. The lowest BCUT2D eigenvalue weighted by atomic mass is 10.1. The number of benzene rings is 1. The highest BCUT2D eigenvalue weighted by Gasteiger charge is 2.18. The maximum Gasteiger partial charge on any atom is 0.117 e. The molecule has 0 bridgehead atoms. The predicted octanol–water partition coefficient (Wildman–Crippen LogP) is 3.20. The number of fused-ring (bicyclic) bond motifs is 1. The van der Waals surface area contributed by atoms with Crippen LogP contribution in [-0.2, 0) is 6.42 Å². The van der Waals surface area contributed by atoms with E-state index < -0.39 is 0 Å². The number of anilines is 1. The number of nitrogens with one attached hydrogen (secondary N) is 2. The first-order valence-corrected chi connectivity index (χ1v) is 6.21. The lowest BCUT2D eigenvalue weighted by molar-refractivity contribution is 0.801. The van der Waals surface area contributed by atoms with Crippen molar-refractivity contribution in [3.63, 3.8) is 0 Å². The fraction of sp³-hybridized carbons (Fsp3) is 0.250. The summed E-state index contributed by atoms with van der Waals surface area (Å²) in [6, 6.07) is 8.17. The Labute approximate surface area is 102 Å². The summed E-state index contributed by atoms with van der Waals surface area (Å²) >= 11 is 3.56. The zero-order chi connectivity index (χ0) is 11.0. The number of hydrogen-bond acceptors (Lipinski definition) is 2. The summed E-state index contributed by atoms with van der Waals surface area (Å²) in [5, 5.41) is 11.0. The van der Waals surface area contributed by atoms with Crippen LogP contribution in [-0.4, -0.2) is 16.7 Å². The van der Waals surface area contributed by atoms with Gasteiger partial charge in [-0.05, 0) is 18.9 Å². The molecule has 0 saturated carbocycles. The Morgan fingerprint density at radius 2 is 2.12 bits per heavy atom. The van der Waals surface area contributed by atoms with Gasteiger partial charge in [-0.25, -0.2) is 0 Å². The van der Waals surface area contributed by atoms with Gasteiger partial charge in [-0.1, -0.05) is 34.1 Å². The van der Waals surface area contributed by atoms with Crippen molar-refractivity contribution < 1.29 is 0 Å². The Morgan fingerprint density at radius 1 is 1.25 bits per heavy atom. The van der Waals surface area contributed by atoms with Gasteiger partial charge in [-0.2, -0.15) is 5.10 Å². The van der Waals surface area contributed by atoms with Gasteiger partial charge < -0.3 is 5.32 Å². The number of rotatable bonds is 1. The molecule has 16 heavy (non-hydrogen) atoms. The van der Waals surface area contributed by atoms with Gasteiger partial charge in [0.2, 0.25) is 0 Å². The average molecular weight is 278 g/mol. The number of hydrogen-bond donors (Lipinski definition) is 2. The monoisotopic (exact) mass is 277 g/mol. The van der Waals surface area contributed by atoms with E-state index in [4.69, 9.17) is 0 Å². The van der Waals surface area contributed by atoms with Gasteiger partial charge in [-0.3, -0.25) is 5.10 Å². The second-order valence-electron chi connectivity index (χ2n) is 3.94. The topological polar surface area (TPSA) is 40.7 Å². The molecular weight excluding hydrogens is 266 g/mol. The lowest BCUT2D eigenvalue weighted by Crippen LogP contribution is -2.10. The Morgan fingerprint density at radius 3 is 3.00 bits per heavy atom. The summed E-state index contributed by atoms with van der Waals surface area (Å²) in [7, 11) is 0. The SMILES string of the molecule is Brc1ccccc1-c1n[nH]c2c1NCCC2. The minimum Gasteiger partial charge on any atom is -0.382 e. The molecule has 0 spiro atoms. The standard InChI is InChI=1S/C12H12BrN3/c13-9-5-2-1-4-8(9)11-12-10(15-16-11)6-3-7-14-12/h1-2,4-5,14H,3,6-7H2,(H,15,16). The molecule has 0 atom stereocenters. The van der Waals surface area contributed by atoms with E-state index in [2.05, 4.69) is 37.5 Å². The highest BCUT2D eigenvalue weighted by Crippen LogP contribution is 2.35. The molecule has 0 unspecified atom stereocenters. The van der Waals surface area contributed by atoms with E-state index in [-0.39, 0.29) is 0 Å². The average Bonchev–Trinajstić information content (AvgIpc) is 2.74. The van der Waals surface area contributed by atoms with Crippen LogP contribution in [0.4, 0.5) is 5.69 Å². The van der Waals surface area contributed by atoms with Crippen LogP contribution in [0, 0.1) is 0 Å². The van der Waals surface area contributed by atoms with Crippen LogP contribution in [0.3, 0.4) is 0 Å². The Hall–Kier alpha value is -1.29. The third-order valence-corrected chi connectivity index (χ3v) is 3.57. The number of aryl methyl sites for hydroxylation is 1. The van der Waals surface area contributed by atoms with E-state index in [9.17, 15) is 0 Å². The second kappa shape index (κ2) is 3.94. The van der Waals surface area contributed by atoms with Crippen molar-refractivity contribution in [1.82, 2.24) is 10.2 Å². The summed E-state index contributed by atoms with van der Waals surface area (Å²) in [5.74, 6) is 0. The van der Waals surface area contributed by atoms with E-state index in [0.29, 0.717) is 0 Å². The number of nitrogens with zero attached hydrogens (tertiary/aromatic N) is 1. The predicted molar refractivity (Wildman–Crippen MR) is 68.5 cm³/mol. The summed E-state index contributed by atoms with van der Waals surface area (Å²) in [6.07, 6.45) is 2.25. The van der Waals surface area contributed by atoms with Crippen LogP contribution < -0.4 is 5.32 Å². The van der Waals surface area contributed by atoms with E-state index >= 15 is 0 Å². The van der Waals surface area contributed by atoms with Gasteiger partial charge >= 0.3 is 0 Å². The van der Waals surface area contributed by atoms with E-state index in [1.807, 2.05) is 18.2 Å². The van der Waals surface area contributed by atoms with Crippen molar-refractivity contribution in [2.75, 3.05) is 11.9 Å². The van der Waals surface area contributed by atoms with Crippen molar-refractivity contribution in [2.24, 2.45) is 0 Å². The van der Waals surface area contributed by atoms with Crippen LogP contribution in [0.1, 0.15) is 12.1 Å². The van der Waals surface area contributed by atoms with Crippen LogP contribution in [0.15, 0.2) is 28.7 Å². The van der Waals surface area contributed by atoms with Crippen LogP contribution in [0.25, 0.3) is 11.3 Å². The summed E-state index contributed by atoms with van der Waals surface area (Å²) in [6.45, 7) is 1.03. The first kappa shape index (κ1) is 9.90. The molecule has 0 fully saturated rings. The van der Waals surface area contributed by atoms with Crippen molar-refractivity contribution >= 4 is 21.6 Å². The third kappa shape index (κ3) is 1.53. The molecule has 4 heteroatoms. The quantitative estimate of drug-likeness (QED) is 0.841. The summed E-state index contributed by atoms with van der Waals surface area (Å²) in [4.78, 5) is 0. The van der Waals surface area contributed by atoms with Crippen LogP contribution in [0.2, 0.25) is 0 Å². The zero-order valence-corrected chi connectivity index (χ0v) is 10.3. The van der Waals surface area contributed by atoms with Crippen molar-refractivity contribution in [1.29, 1.82) is 0 Å². The maximum atomic E-state index is 4.41. The largest absolute Gasteiger partial charge is 0.382 e. The Bertz CT molecular complexity index is 519. The molecule has 0 aliphatic carbocycles. The molecule has 82 valence electrons. The molecule has 3 nitrogen and oxygen atoms in total. The number of aromatic nitrogens is 2. The molecule has 1 aromatic carbocycles. The van der Waals surface area contributed by atoms with Crippen molar-refractivity contribution in [2.45, 2.75) is 12.8 Å². The van der Waals surface area contributed by atoms with Gasteiger partial charge in [-0.15, -0.1) is 0 Å². The fourth-order valence-corrected chi connectivity index (χ4v) is 2.55. The van der Waals surface area contributed by atoms with E-state index in [1.165, 1.54) is 12.1 Å². The van der Waals surface area contributed by atoms with Gasteiger partial charge in [0, 0.05) is 16.6 Å². The molecule has 2 N–H and O–H groups in total. The lowest BCUT2D eigenvalue weighted by Gasteiger charge is -2.14. The minimum absolute atomic E-state index is 1.02. The number of halogens is 1. The molecule has 1 aliphatic rings. The number of aromatic amines is 1. The van der Waals surface area contributed by atoms with Gasteiger partial charge in [0.05, 0.1) is 11.4 Å². The fourth-order valence-electron chi connectivity index (χ4n) is 2.08. The summed E-state index contributed by atoms with van der Waals surface area (Å²) in [5.41, 5.74) is 4.53. The summed E-state index contributed by atoms with van der Waals surface area (Å²) < 4.78 is 1.08. The van der Waals surface area contributed by atoms with E-state index in [0.717, 1.165) is 34.4 Å². The molecular formula is C12H12BrN3. The molecule has 2 aromatic rings. The van der Waals surface area contributed by atoms with Gasteiger partial charge in [0.15, 0.2) is 0 Å². The van der Waals surface area contributed by atoms with Crippen molar-refractivity contribution in [3.05, 3.63) is 34.4 Å². The molecule has 3 rings (SSSR count). The molecule has 0 saturated heterocycles. The van der Waals surface area contributed by atoms with E-state index in [1.54, 1.807) is 0 Å². The molecule has 1 aromatic heterocycles. The molecule has 0 amide bonds. The molecule has 2 heterocycles. The normalized spacial score (nSPS) is 14.3. The second-order valence-corrected chi connectivity index (χ2v) is 4.79. The highest BCUT2D eigenvalue weighted by atomic mass is 79.9. The molecule has 1 aliphatic heterocycles. The zero-order valence-electron chi connectivity index (χ0n) is 8.76. The Kier molecular flexibility index (Phi) is 2.44. The smallest absolute Gasteiger partial charge is 0.117 e. The van der Waals surface area contributed by atoms with Crippen LogP contribution in [0.5, 0.6) is 0 Å². The van der Waals surface area contributed by atoms with Crippen molar-refractivity contribution in [3.8, 4) is 11.3 Å². The first-order valence-electron chi connectivity index (χ1n) is 5.42. The minimum atomic E-state index is 1.02. The molecule has 0 radical (unpaired) electrons. The van der Waals surface area contributed by atoms with Gasteiger partial charge in [0.25, 0.3) is 0 Å². The highest BCUT2D eigenvalue weighted by molar-refractivity contribution is 9.10.